The summed E-state index contributed by atoms with van der Waals surface area (Å²) in [6, 6.07) is 0. The average Bonchev–Trinajstić information content (AvgIpc) is 2.26. The quantitative estimate of drug-likeness (QED) is 0.559. The Hall–Kier alpha value is -1.14. The van der Waals surface area contributed by atoms with E-state index in [1.54, 1.807) is 14.2 Å². The van der Waals surface area contributed by atoms with Crippen LogP contribution in [-0.2, 0) is 19.1 Å². The van der Waals surface area contributed by atoms with Crippen molar-refractivity contribution in [2.24, 2.45) is 0 Å². The van der Waals surface area contributed by atoms with Crippen LogP contribution in [0.25, 0.3) is 0 Å². The number of methoxy groups -OCH3 is 1. The summed E-state index contributed by atoms with van der Waals surface area (Å²) in [6.07, 6.45) is 0. The first kappa shape index (κ1) is 14.9. The molecule has 0 aliphatic heterocycles. The minimum Gasteiger partial charge on any atom is -0.383 e. The number of carbonyl (C=O) groups is 2. The molecule has 0 aromatic heterocycles. The molecule has 0 rings (SSSR count). The Labute approximate surface area is 95.9 Å². The molecule has 0 saturated carbocycles. The molecule has 1 N–H and O–H groups in total. The summed E-state index contributed by atoms with van der Waals surface area (Å²) in [5, 5.41) is 2.63. The summed E-state index contributed by atoms with van der Waals surface area (Å²) in [6.45, 7) is 3.25. The minimum absolute atomic E-state index is 0.0123. The van der Waals surface area contributed by atoms with E-state index in [0.29, 0.717) is 19.8 Å². The van der Waals surface area contributed by atoms with E-state index in [1.165, 1.54) is 4.90 Å². The molecule has 2 amide bonds. The van der Waals surface area contributed by atoms with E-state index in [1.807, 2.05) is 6.92 Å². The molecule has 6 heteroatoms. The van der Waals surface area contributed by atoms with E-state index in [-0.39, 0.29) is 25.0 Å². The van der Waals surface area contributed by atoms with Gasteiger partial charge in [0.25, 0.3) is 0 Å². The van der Waals surface area contributed by atoms with Crippen LogP contribution < -0.4 is 5.32 Å². The summed E-state index contributed by atoms with van der Waals surface area (Å²) in [5.74, 6) is -0.409. The molecule has 16 heavy (non-hydrogen) atoms. The molecular weight excluding hydrogens is 212 g/mol. The Morgan fingerprint density at radius 1 is 1.38 bits per heavy atom. The van der Waals surface area contributed by atoms with Crippen LogP contribution in [0.1, 0.15) is 6.92 Å². The third-order valence-electron chi connectivity index (χ3n) is 1.86. The highest BCUT2D eigenvalue weighted by molar-refractivity contribution is 5.85. The largest absolute Gasteiger partial charge is 0.383 e. The van der Waals surface area contributed by atoms with Gasteiger partial charge in [0.05, 0.1) is 13.2 Å². The molecule has 0 fully saturated rings. The number of rotatable bonds is 8. The van der Waals surface area contributed by atoms with E-state index < -0.39 is 0 Å². The van der Waals surface area contributed by atoms with E-state index in [9.17, 15) is 9.59 Å². The van der Waals surface area contributed by atoms with Crippen LogP contribution in [0.4, 0.5) is 0 Å². The summed E-state index contributed by atoms with van der Waals surface area (Å²) in [4.78, 5) is 24.0. The predicted octanol–water partition coefficient (Wildman–Crippen LogP) is -0.756. The lowest BCUT2D eigenvalue weighted by molar-refractivity contribution is -0.138. The number of nitrogens with one attached hydrogen (secondary N) is 1. The van der Waals surface area contributed by atoms with Crippen molar-refractivity contribution in [3.05, 3.63) is 0 Å². The molecule has 0 atom stereocenters. The van der Waals surface area contributed by atoms with Gasteiger partial charge in [0.15, 0.2) is 0 Å². The monoisotopic (exact) mass is 232 g/mol. The molecule has 0 saturated heterocycles. The zero-order valence-electron chi connectivity index (χ0n) is 10.1. The molecule has 0 spiro atoms. The number of hydrogen-bond donors (Lipinski definition) is 1. The second kappa shape index (κ2) is 9.11. The first-order valence-electron chi connectivity index (χ1n) is 5.19. The number of amides is 2. The van der Waals surface area contributed by atoms with Crippen molar-refractivity contribution in [2.75, 3.05) is 47.1 Å². The van der Waals surface area contributed by atoms with Crippen molar-refractivity contribution in [3.8, 4) is 0 Å². The molecule has 0 bridgehead atoms. The van der Waals surface area contributed by atoms with Crippen LogP contribution in [0.5, 0.6) is 0 Å². The maximum Gasteiger partial charge on any atom is 0.248 e. The van der Waals surface area contributed by atoms with E-state index in [4.69, 9.17) is 9.47 Å². The first-order valence-corrected chi connectivity index (χ1v) is 5.19. The smallest absolute Gasteiger partial charge is 0.248 e. The highest BCUT2D eigenvalue weighted by Gasteiger charge is 2.12. The number of carbonyl (C=O) groups excluding carboxylic acids is 2. The molecule has 0 aliphatic carbocycles. The van der Waals surface area contributed by atoms with Crippen molar-refractivity contribution in [2.45, 2.75) is 6.92 Å². The Bertz CT molecular complexity index is 221. The van der Waals surface area contributed by atoms with Gasteiger partial charge in [-0.15, -0.1) is 0 Å². The van der Waals surface area contributed by atoms with Gasteiger partial charge < -0.3 is 19.7 Å². The highest BCUT2D eigenvalue weighted by Crippen LogP contribution is 1.86. The van der Waals surface area contributed by atoms with Gasteiger partial charge in [-0.2, -0.15) is 0 Å². The van der Waals surface area contributed by atoms with E-state index in [0.717, 1.165) is 0 Å². The Kier molecular flexibility index (Phi) is 8.46. The minimum atomic E-state index is -0.205. The van der Waals surface area contributed by atoms with Gasteiger partial charge in [-0.3, -0.25) is 9.59 Å². The average molecular weight is 232 g/mol. The molecule has 94 valence electrons. The Morgan fingerprint density at radius 3 is 2.62 bits per heavy atom. The fraction of sp³-hybridized carbons (Fsp3) is 0.800. The molecule has 0 radical (unpaired) electrons. The molecule has 0 heterocycles. The standard InChI is InChI=1S/C10H20N2O4/c1-4-16-8-10(14)12(2)7-9(13)11-5-6-15-3/h4-8H2,1-3H3,(H,11,13). The Balaban J connectivity index is 3.71. The van der Waals surface area contributed by atoms with Crippen molar-refractivity contribution >= 4 is 11.8 Å². The topological polar surface area (TPSA) is 67.9 Å². The van der Waals surface area contributed by atoms with E-state index in [2.05, 4.69) is 5.32 Å². The third kappa shape index (κ3) is 7.19. The van der Waals surface area contributed by atoms with Crippen molar-refractivity contribution in [3.63, 3.8) is 0 Å². The molecular formula is C10H20N2O4. The molecule has 0 aliphatic rings. The van der Waals surface area contributed by atoms with Gasteiger partial charge in [0.1, 0.15) is 6.61 Å². The number of nitrogens with zero attached hydrogens (tertiary/aromatic N) is 1. The lowest BCUT2D eigenvalue weighted by Crippen LogP contribution is -2.40. The van der Waals surface area contributed by atoms with Crippen LogP contribution in [-0.4, -0.2) is 63.8 Å². The highest BCUT2D eigenvalue weighted by atomic mass is 16.5. The second-order valence-corrected chi connectivity index (χ2v) is 3.23. The number of hydrogen-bond acceptors (Lipinski definition) is 4. The van der Waals surface area contributed by atoms with Gasteiger partial charge in [0, 0.05) is 27.3 Å². The molecule has 6 nitrogen and oxygen atoms in total. The van der Waals surface area contributed by atoms with Crippen molar-refractivity contribution in [1.29, 1.82) is 0 Å². The summed E-state index contributed by atoms with van der Waals surface area (Å²) < 4.78 is 9.74. The molecule has 0 unspecified atom stereocenters. The van der Waals surface area contributed by atoms with Gasteiger partial charge in [-0.25, -0.2) is 0 Å². The van der Waals surface area contributed by atoms with Gasteiger partial charge in [-0.05, 0) is 6.92 Å². The number of ether oxygens (including phenoxy) is 2. The first-order chi connectivity index (χ1) is 7.61. The number of likely N-dealkylation sites (N-methyl/N-ethyl adjacent to an activating group) is 1. The summed E-state index contributed by atoms with van der Waals surface area (Å²) >= 11 is 0. The van der Waals surface area contributed by atoms with Gasteiger partial charge in [0.2, 0.25) is 11.8 Å². The SMILES string of the molecule is CCOCC(=O)N(C)CC(=O)NCCOC. The summed E-state index contributed by atoms with van der Waals surface area (Å²) in [7, 11) is 3.13. The molecule has 0 aromatic carbocycles. The predicted molar refractivity (Wildman–Crippen MR) is 59.0 cm³/mol. The zero-order chi connectivity index (χ0) is 12.4. The van der Waals surface area contributed by atoms with Gasteiger partial charge in [-0.1, -0.05) is 0 Å². The van der Waals surface area contributed by atoms with Crippen LogP contribution >= 0.6 is 0 Å². The lowest BCUT2D eigenvalue weighted by Gasteiger charge is -2.16. The maximum atomic E-state index is 11.4. The van der Waals surface area contributed by atoms with Crippen molar-refractivity contribution in [1.82, 2.24) is 10.2 Å². The zero-order valence-corrected chi connectivity index (χ0v) is 10.1. The van der Waals surface area contributed by atoms with Crippen LogP contribution in [0, 0.1) is 0 Å². The Morgan fingerprint density at radius 2 is 2.06 bits per heavy atom. The van der Waals surface area contributed by atoms with Crippen LogP contribution in [0.2, 0.25) is 0 Å². The van der Waals surface area contributed by atoms with Crippen LogP contribution in [0.15, 0.2) is 0 Å². The van der Waals surface area contributed by atoms with Gasteiger partial charge >= 0.3 is 0 Å². The summed E-state index contributed by atoms with van der Waals surface area (Å²) in [5.41, 5.74) is 0. The second-order valence-electron chi connectivity index (χ2n) is 3.23. The van der Waals surface area contributed by atoms with Crippen molar-refractivity contribution < 1.29 is 19.1 Å². The lowest BCUT2D eigenvalue weighted by atomic mass is 10.4. The molecule has 0 aromatic rings. The maximum absolute atomic E-state index is 11.4. The fourth-order valence-corrected chi connectivity index (χ4v) is 0.952. The van der Waals surface area contributed by atoms with Crippen LogP contribution in [0.3, 0.4) is 0 Å². The van der Waals surface area contributed by atoms with E-state index >= 15 is 0 Å². The fourth-order valence-electron chi connectivity index (χ4n) is 0.952. The normalized spacial score (nSPS) is 9.94. The third-order valence-corrected chi connectivity index (χ3v) is 1.86.